The Balaban J connectivity index is 2.25. The molecule has 0 N–H and O–H groups in total. The minimum Gasteiger partial charge on any atom is -0.330 e. The SMILES string of the molecule is Cc1cncn1Cc1ccc(Cl)c(Cl)c1. The highest BCUT2D eigenvalue weighted by Crippen LogP contribution is 2.23. The van der Waals surface area contributed by atoms with E-state index in [0.29, 0.717) is 10.0 Å². The zero-order valence-corrected chi connectivity index (χ0v) is 9.76. The minimum absolute atomic E-state index is 0.586. The molecule has 4 heteroatoms. The molecular weight excluding hydrogens is 231 g/mol. The summed E-state index contributed by atoms with van der Waals surface area (Å²) in [5, 5.41) is 1.18. The average molecular weight is 241 g/mol. The van der Waals surface area contributed by atoms with E-state index in [1.165, 1.54) is 0 Å². The molecule has 0 aliphatic heterocycles. The van der Waals surface area contributed by atoms with Crippen molar-refractivity contribution >= 4 is 23.2 Å². The molecule has 0 saturated carbocycles. The quantitative estimate of drug-likeness (QED) is 0.786. The summed E-state index contributed by atoms with van der Waals surface area (Å²) in [6.45, 7) is 2.78. The van der Waals surface area contributed by atoms with Crippen molar-refractivity contribution in [1.29, 1.82) is 0 Å². The topological polar surface area (TPSA) is 17.8 Å². The molecule has 1 aromatic carbocycles. The van der Waals surface area contributed by atoms with Gasteiger partial charge in [-0.05, 0) is 24.6 Å². The van der Waals surface area contributed by atoms with Crippen molar-refractivity contribution in [3.63, 3.8) is 0 Å². The lowest BCUT2D eigenvalue weighted by atomic mass is 10.2. The second kappa shape index (κ2) is 4.25. The molecule has 0 aliphatic carbocycles. The number of hydrogen-bond acceptors (Lipinski definition) is 1. The fourth-order valence-electron chi connectivity index (χ4n) is 1.39. The van der Waals surface area contributed by atoms with E-state index in [0.717, 1.165) is 17.8 Å². The van der Waals surface area contributed by atoms with Crippen LogP contribution in [0.3, 0.4) is 0 Å². The lowest BCUT2D eigenvalue weighted by molar-refractivity contribution is 0.770. The van der Waals surface area contributed by atoms with Crippen LogP contribution in [0.1, 0.15) is 11.3 Å². The zero-order valence-electron chi connectivity index (χ0n) is 8.24. The molecule has 0 unspecified atom stereocenters. The fourth-order valence-corrected chi connectivity index (χ4v) is 1.71. The number of benzene rings is 1. The molecule has 0 spiro atoms. The third kappa shape index (κ3) is 2.33. The highest BCUT2D eigenvalue weighted by atomic mass is 35.5. The number of aryl methyl sites for hydroxylation is 1. The van der Waals surface area contributed by atoms with Crippen LogP contribution in [0.4, 0.5) is 0 Å². The highest BCUT2D eigenvalue weighted by Gasteiger charge is 2.01. The van der Waals surface area contributed by atoms with E-state index < -0.39 is 0 Å². The van der Waals surface area contributed by atoms with Gasteiger partial charge in [-0.1, -0.05) is 29.3 Å². The van der Waals surface area contributed by atoms with Gasteiger partial charge in [0.2, 0.25) is 0 Å². The molecular formula is C11H10Cl2N2. The van der Waals surface area contributed by atoms with Gasteiger partial charge in [0.05, 0.1) is 16.4 Å². The van der Waals surface area contributed by atoms with Gasteiger partial charge >= 0.3 is 0 Å². The first-order valence-electron chi connectivity index (χ1n) is 4.57. The molecule has 0 radical (unpaired) electrons. The smallest absolute Gasteiger partial charge is 0.0951 e. The second-order valence-electron chi connectivity index (χ2n) is 3.41. The maximum atomic E-state index is 5.94. The summed E-state index contributed by atoms with van der Waals surface area (Å²) in [6.07, 6.45) is 3.63. The molecule has 0 atom stereocenters. The molecule has 2 rings (SSSR count). The molecule has 78 valence electrons. The van der Waals surface area contributed by atoms with Crippen molar-refractivity contribution in [1.82, 2.24) is 9.55 Å². The van der Waals surface area contributed by atoms with Crippen LogP contribution in [0.15, 0.2) is 30.7 Å². The van der Waals surface area contributed by atoms with E-state index in [9.17, 15) is 0 Å². The molecule has 0 saturated heterocycles. The van der Waals surface area contributed by atoms with Crippen molar-refractivity contribution in [3.05, 3.63) is 52.0 Å². The lowest BCUT2D eigenvalue weighted by Gasteiger charge is -2.06. The average Bonchev–Trinajstić information content (AvgIpc) is 2.59. The van der Waals surface area contributed by atoms with Gasteiger partial charge in [0.1, 0.15) is 0 Å². The monoisotopic (exact) mass is 240 g/mol. The van der Waals surface area contributed by atoms with E-state index in [2.05, 4.69) is 9.55 Å². The first-order valence-corrected chi connectivity index (χ1v) is 5.33. The highest BCUT2D eigenvalue weighted by molar-refractivity contribution is 6.42. The molecule has 2 aromatic rings. The Morgan fingerprint density at radius 2 is 2.07 bits per heavy atom. The van der Waals surface area contributed by atoms with Gasteiger partial charge in [-0.3, -0.25) is 0 Å². The number of hydrogen-bond donors (Lipinski definition) is 0. The zero-order chi connectivity index (χ0) is 10.8. The van der Waals surface area contributed by atoms with Crippen LogP contribution in [0.25, 0.3) is 0 Å². The molecule has 0 aliphatic rings. The first-order chi connectivity index (χ1) is 7.16. The summed E-state index contributed by atoms with van der Waals surface area (Å²) in [4.78, 5) is 4.06. The molecule has 0 amide bonds. The van der Waals surface area contributed by atoms with Gasteiger partial charge in [-0.15, -0.1) is 0 Å². The lowest BCUT2D eigenvalue weighted by Crippen LogP contribution is -1.99. The molecule has 2 nitrogen and oxygen atoms in total. The predicted octanol–water partition coefficient (Wildman–Crippen LogP) is 3.55. The Hall–Kier alpha value is -0.990. The van der Waals surface area contributed by atoms with Crippen molar-refractivity contribution < 1.29 is 0 Å². The van der Waals surface area contributed by atoms with Crippen molar-refractivity contribution in [2.24, 2.45) is 0 Å². The Labute approximate surface area is 98.5 Å². The Morgan fingerprint density at radius 1 is 1.27 bits per heavy atom. The van der Waals surface area contributed by atoms with Crippen LogP contribution in [0.2, 0.25) is 10.0 Å². The van der Waals surface area contributed by atoms with Crippen LogP contribution in [0, 0.1) is 6.92 Å². The maximum absolute atomic E-state index is 5.94. The number of nitrogens with zero attached hydrogens (tertiary/aromatic N) is 2. The molecule has 1 aromatic heterocycles. The number of imidazole rings is 1. The summed E-state index contributed by atoms with van der Waals surface area (Å²) in [5.41, 5.74) is 2.24. The summed E-state index contributed by atoms with van der Waals surface area (Å²) in [5.74, 6) is 0. The number of aromatic nitrogens is 2. The van der Waals surface area contributed by atoms with Crippen molar-refractivity contribution in [2.45, 2.75) is 13.5 Å². The normalized spacial score (nSPS) is 10.6. The Kier molecular flexibility index (Phi) is 2.98. The van der Waals surface area contributed by atoms with Crippen LogP contribution in [-0.4, -0.2) is 9.55 Å². The third-order valence-corrected chi connectivity index (χ3v) is 3.00. The van der Waals surface area contributed by atoms with E-state index in [1.54, 1.807) is 6.33 Å². The summed E-state index contributed by atoms with van der Waals surface area (Å²) < 4.78 is 2.06. The van der Waals surface area contributed by atoms with Gasteiger partial charge in [0.25, 0.3) is 0 Å². The molecule has 1 heterocycles. The van der Waals surface area contributed by atoms with E-state index in [-0.39, 0.29) is 0 Å². The van der Waals surface area contributed by atoms with Gasteiger partial charge in [-0.25, -0.2) is 4.98 Å². The van der Waals surface area contributed by atoms with Crippen LogP contribution in [0.5, 0.6) is 0 Å². The molecule has 0 fully saturated rings. The summed E-state index contributed by atoms with van der Waals surface area (Å²) in [6, 6.07) is 5.66. The third-order valence-electron chi connectivity index (χ3n) is 2.26. The minimum atomic E-state index is 0.586. The van der Waals surface area contributed by atoms with Crippen molar-refractivity contribution in [3.8, 4) is 0 Å². The number of rotatable bonds is 2. The van der Waals surface area contributed by atoms with E-state index >= 15 is 0 Å². The first kappa shape index (κ1) is 10.5. The Morgan fingerprint density at radius 3 is 2.67 bits per heavy atom. The molecule has 0 bridgehead atoms. The van der Waals surface area contributed by atoms with E-state index in [4.69, 9.17) is 23.2 Å². The maximum Gasteiger partial charge on any atom is 0.0951 e. The second-order valence-corrected chi connectivity index (χ2v) is 4.23. The van der Waals surface area contributed by atoms with E-state index in [1.807, 2.05) is 31.3 Å². The predicted molar refractivity (Wildman–Crippen MR) is 62.5 cm³/mol. The van der Waals surface area contributed by atoms with Gasteiger partial charge in [0.15, 0.2) is 0 Å². The van der Waals surface area contributed by atoms with Crippen LogP contribution >= 0.6 is 23.2 Å². The summed E-state index contributed by atoms with van der Waals surface area (Å²) in [7, 11) is 0. The fraction of sp³-hybridized carbons (Fsp3) is 0.182. The van der Waals surface area contributed by atoms with Gasteiger partial charge in [0, 0.05) is 18.4 Å². The van der Waals surface area contributed by atoms with Gasteiger partial charge < -0.3 is 4.57 Å². The largest absolute Gasteiger partial charge is 0.330 e. The van der Waals surface area contributed by atoms with Gasteiger partial charge in [-0.2, -0.15) is 0 Å². The molecule has 15 heavy (non-hydrogen) atoms. The van der Waals surface area contributed by atoms with Crippen LogP contribution < -0.4 is 0 Å². The van der Waals surface area contributed by atoms with Crippen molar-refractivity contribution in [2.75, 3.05) is 0 Å². The van der Waals surface area contributed by atoms with Crippen LogP contribution in [-0.2, 0) is 6.54 Å². The Bertz CT molecular complexity index is 477. The summed E-state index contributed by atoms with van der Waals surface area (Å²) >= 11 is 11.8. The standard InChI is InChI=1S/C11H10Cl2N2/c1-8-5-14-7-15(8)6-9-2-3-10(12)11(13)4-9/h2-5,7H,6H2,1H3. The number of halogens is 2.